The molecule has 344 valence electrons. The zero-order valence-electron chi connectivity index (χ0n) is 41.5. The molecule has 0 bridgehead atoms. The van der Waals surface area contributed by atoms with Gasteiger partial charge in [0.25, 0.3) is 6.71 Å². The summed E-state index contributed by atoms with van der Waals surface area (Å²) in [4.78, 5) is 5.09. The van der Waals surface area contributed by atoms with Crippen molar-refractivity contribution in [2.24, 2.45) is 0 Å². The van der Waals surface area contributed by atoms with Crippen LogP contribution in [0.25, 0.3) is 66.1 Å². The molecule has 0 unspecified atom stereocenters. The molecule has 0 spiro atoms. The average molecular weight is 919 g/mol. The maximum atomic E-state index is 6.55. The molecule has 0 radical (unpaired) electrons. The summed E-state index contributed by atoms with van der Waals surface area (Å²) in [5.41, 5.74) is 23.6. The van der Waals surface area contributed by atoms with Crippen molar-refractivity contribution >= 4 is 101 Å². The lowest BCUT2D eigenvalue weighted by Gasteiger charge is -2.47. The lowest BCUT2D eigenvalue weighted by molar-refractivity contribution is 0.332. The van der Waals surface area contributed by atoms with E-state index in [9.17, 15) is 0 Å². The van der Waals surface area contributed by atoms with Gasteiger partial charge in [-0.2, -0.15) is 0 Å². The van der Waals surface area contributed by atoms with E-state index in [4.69, 9.17) is 8.83 Å². The molecule has 2 aliphatic heterocycles. The molecule has 4 heterocycles. The number of hydrogen-bond acceptors (Lipinski definition) is 4. The second kappa shape index (κ2) is 14.9. The molecule has 1 aliphatic carbocycles. The predicted octanol–water partition coefficient (Wildman–Crippen LogP) is 16.5. The third-order valence-electron chi connectivity index (χ3n) is 16.5. The highest BCUT2D eigenvalue weighted by Crippen LogP contribution is 2.51. The Morgan fingerprint density at radius 2 is 0.901 bits per heavy atom. The summed E-state index contributed by atoms with van der Waals surface area (Å²) in [6, 6.07) is 67.5. The molecule has 11 aromatic rings. The first kappa shape index (κ1) is 42.2. The largest absolute Gasteiger partial charge is 0.455 e. The van der Waals surface area contributed by atoms with Crippen LogP contribution in [-0.4, -0.2) is 6.71 Å². The smallest absolute Gasteiger partial charge is 0.252 e. The molecule has 5 heteroatoms. The molecule has 2 aromatic heterocycles. The summed E-state index contributed by atoms with van der Waals surface area (Å²) in [5.74, 6) is 0. The molecule has 0 N–H and O–H groups in total. The van der Waals surface area contributed by atoms with E-state index in [1.54, 1.807) is 0 Å². The molecule has 0 saturated carbocycles. The van der Waals surface area contributed by atoms with Gasteiger partial charge < -0.3 is 18.6 Å². The van der Waals surface area contributed by atoms with Crippen LogP contribution in [-0.2, 0) is 16.2 Å². The Labute approximate surface area is 416 Å². The van der Waals surface area contributed by atoms with E-state index in [1.807, 2.05) is 12.1 Å². The fourth-order valence-electron chi connectivity index (χ4n) is 12.6. The Morgan fingerprint density at radius 3 is 1.44 bits per heavy atom. The van der Waals surface area contributed by atoms with Gasteiger partial charge >= 0.3 is 0 Å². The second-order valence-corrected chi connectivity index (χ2v) is 22.7. The van der Waals surface area contributed by atoms with Crippen molar-refractivity contribution in [2.45, 2.75) is 77.6 Å². The molecule has 0 atom stereocenters. The summed E-state index contributed by atoms with van der Waals surface area (Å²) >= 11 is 0. The van der Waals surface area contributed by atoms with Gasteiger partial charge in [-0.3, -0.25) is 0 Å². The fraction of sp³-hybridized carbons (Fsp3) is 0.182. The average Bonchev–Trinajstić information content (AvgIpc) is 3.96. The zero-order chi connectivity index (χ0) is 48.1. The fourth-order valence-corrected chi connectivity index (χ4v) is 12.6. The van der Waals surface area contributed by atoms with Crippen molar-refractivity contribution in [1.82, 2.24) is 0 Å². The van der Waals surface area contributed by atoms with Gasteiger partial charge in [0.1, 0.15) is 22.3 Å². The minimum atomic E-state index is -0.0428. The zero-order valence-corrected chi connectivity index (χ0v) is 41.5. The van der Waals surface area contributed by atoms with Gasteiger partial charge in [-0.25, -0.2) is 0 Å². The maximum absolute atomic E-state index is 6.55. The van der Waals surface area contributed by atoms with E-state index in [1.165, 1.54) is 55.8 Å². The first-order chi connectivity index (χ1) is 34.3. The summed E-state index contributed by atoms with van der Waals surface area (Å²) < 4.78 is 13.1. The van der Waals surface area contributed by atoms with Crippen molar-refractivity contribution in [3.8, 4) is 22.3 Å². The third-order valence-corrected chi connectivity index (χ3v) is 16.5. The van der Waals surface area contributed by atoms with Gasteiger partial charge in [-0.05, 0) is 134 Å². The molecule has 9 aromatic carbocycles. The number of benzene rings is 9. The molecule has 0 saturated heterocycles. The van der Waals surface area contributed by atoms with Crippen LogP contribution in [0.5, 0.6) is 0 Å². The second-order valence-electron chi connectivity index (χ2n) is 22.7. The van der Waals surface area contributed by atoms with Crippen LogP contribution in [0.3, 0.4) is 0 Å². The Hall–Kier alpha value is -7.76. The molecule has 14 rings (SSSR count). The molecular weight excluding hydrogens is 864 g/mol. The normalized spacial score (nSPS) is 15.6. The summed E-state index contributed by atoms with van der Waals surface area (Å²) in [6.45, 7) is 16.9. The first-order valence-corrected chi connectivity index (χ1v) is 25.4. The van der Waals surface area contributed by atoms with Crippen LogP contribution in [0.15, 0.2) is 191 Å². The number of anilines is 6. The van der Waals surface area contributed by atoms with Crippen molar-refractivity contribution in [3.05, 3.63) is 199 Å². The van der Waals surface area contributed by atoms with Gasteiger partial charge in [-0.1, -0.05) is 170 Å². The highest BCUT2D eigenvalue weighted by Gasteiger charge is 2.46. The van der Waals surface area contributed by atoms with E-state index in [0.717, 1.165) is 90.3 Å². The maximum Gasteiger partial charge on any atom is 0.252 e. The topological polar surface area (TPSA) is 32.8 Å². The predicted molar refractivity (Wildman–Crippen MR) is 300 cm³/mol. The van der Waals surface area contributed by atoms with Crippen LogP contribution >= 0.6 is 0 Å². The number of hydrogen-bond donors (Lipinski definition) is 0. The lowest BCUT2D eigenvalue weighted by atomic mass is 9.33. The van der Waals surface area contributed by atoms with Gasteiger partial charge in [0.15, 0.2) is 0 Å². The number of para-hydroxylation sites is 4. The SMILES string of the molecule is CC(C)(C)c1ccc2c(c1)B1c3cc4c(cc3N(c3ccc(-c5cccc6c5oc5ccccc56)cc3)c3cccc(c31)N2c1ccc(-c2cccc3c2oc2ccccc23)cc1)C(C)(C)CCC4(C)C. The standard InChI is InChI=1S/C66H55BN2O2/c1-64(2,3)42-29-34-55-53(37-42)67-54-38-51-52(66(6,7)36-35-65(51,4)5)39-58(54)69(44-32-27-41(28-33-44)46-18-13-20-50-48-16-9-11-24-60(48)71-63(46)50)57-22-14-21-56(61(57)67)68(55)43-30-25-40(26-31-43)45-17-12-19-49-47-15-8-10-23-59(47)70-62(45)49/h8-34,37-39H,35-36H2,1-7H3. The van der Waals surface area contributed by atoms with E-state index >= 15 is 0 Å². The van der Waals surface area contributed by atoms with E-state index in [0.29, 0.717) is 0 Å². The highest BCUT2D eigenvalue weighted by molar-refractivity contribution is 7.00. The van der Waals surface area contributed by atoms with E-state index < -0.39 is 0 Å². The molecule has 3 aliphatic rings. The first-order valence-electron chi connectivity index (χ1n) is 25.4. The molecule has 0 fully saturated rings. The van der Waals surface area contributed by atoms with Gasteiger partial charge in [0.05, 0.1) is 0 Å². The number of fused-ring (bicyclic) bond motifs is 11. The van der Waals surface area contributed by atoms with Crippen LogP contribution in [0, 0.1) is 0 Å². The lowest BCUT2D eigenvalue weighted by Crippen LogP contribution is -2.62. The summed E-state index contributed by atoms with van der Waals surface area (Å²) in [6.07, 6.45) is 2.30. The highest BCUT2D eigenvalue weighted by atomic mass is 16.3. The molecule has 4 nitrogen and oxygen atoms in total. The third kappa shape index (κ3) is 6.24. The van der Waals surface area contributed by atoms with Gasteiger partial charge in [-0.15, -0.1) is 0 Å². The Balaban J connectivity index is 0.975. The minimum Gasteiger partial charge on any atom is -0.455 e. The summed E-state index contributed by atoms with van der Waals surface area (Å²) in [5, 5.41) is 4.57. The van der Waals surface area contributed by atoms with Crippen LogP contribution in [0.4, 0.5) is 34.1 Å². The van der Waals surface area contributed by atoms with Crippen LogP contribution in [0.2, 0.25) is 0 Å². The number of nitrogens with zero attached hydrogens (tertiary/aromatic N) is 2. The van der Waals surface area contributed by atoms with Crippen molar-refractivity contribution in [1.29, 1.82) is 0 Å². The number of rotatable bonds is 4. The van der Waals surface area contributed by atoms with Gasteiger partial charge in [0.2, 0.25) is 0 Å². The molecular formula is C66H55BN2O2. The Kier molecular flexibility index (Phi) is 8.84. The van der Waals surface area contributed by atoms with Crippen molar-refractivity contribution in [2.75, 3.05) is 9.80 Å². The molecule has 0 amide bonds. The number of furan rings is 2. The van der Waals surface area contributed by atoms with Crippen molar-refractivity contribution < 1.29 is 8.83 Å². The quantitative estimate of drug-likeness (QED) is 0.165. The Morgan fingerprint density at radius 1 is 0.437 bits per heavy atom. The van der Waals surface area contributed by atoms with Gasteiger partial charge in [0, 0.05) is 66.8 Å². The molecule has 71 heavy (non-hydrogen) atoms. The minimum absolute atomic E-state index is 0.0158. The van der Waals surface area contributed by atoms with Crippen LogP contribution in [0.1, 0.15) is 78.0 Å². The van der Waals surface area contributed by atoms with Crippen molar-refractivity contribution in [3.63, 3.8) is 0 Å². The van der Waals surface area contributed by atoms with E-state index in [2.05, 4.69) is 228 Å². The van der Waals surface area contributed by atoms with E-state index in [-0.39, 0.29) is 23.0 Å². The summed E-state index contributed by atoms with van der Waals surface area (Å²) in [7, 11) is 0. The van der Waals surface area contributed by atoms with Crippen LogP contribution < -0.4 is 26.2 Å². The Bertz CT molecular complexity index is 4000. The monoisotopic (exact) mass is 918 g/mol.